The number of aromatic nitrogens is 1. The number of phenols is 1. The third-order valence-corrected chi connectivity index (χ3v) is 5.39. The molecule has 0 atom stereocenters. The van der Waals surface area contributed by atoms with E-state index in [0.717, 1.165) is 44.8 Å². The zero-order valence-electron chi connectivity index (χ0n) is 16.9. The SMILES string of the molecule is Oc1ccccc1-c1c(-c2ccccc2)cc(-c2ccccc2)nc1-c1ccccc1. The summed E-state index contributed by atoms with van der Waals surface area (Å²) in [6, 6.07) is 40.3. The summed E-state index contributed by atoms with van der Waals surface area (Å²) in [6.45, 7) is 0. The lowest BCUT2D eigenvalue weighted by atomic mass is 9.89. The number of hydrogen-bond acceptors (Lipinski definition) is 2. The predicted molar refractivity (Wildman–Crippen MR) is 128 cm³/mol. The Labute approximate surface area is 182 Å². The number of para-hydroxylation sites is 1. The van der Waals surface area contributed by atoms with Gasteiger partial charge in [0.1, 0.15) is 5.75 Å². The van der Waals surface area contributed by atoms with Gasteiger partial charge in [-0.15, -0.1) is 0 Å². The summed E-state index contributed by atoms with van der Waals surface area (Å²) in [5.41, 5.74) is 7.63. The second kappa shape index (κ2) is 8.29. The Morgan fingerprint density at radius 2 is 1.00 bits per heavy atom. The molecule has 5 aromatic rings. The highest BCUT2D eigenvalue weighted by Crippen LogP contribution is 2.43. The van der Waals surface area contributed by atoms with E-state index in [1.165, 1.54) is 0 Å². The zero-order chi connectivity index (χ0) is 21.0. The number of aromatic hydroxyl groups is 1. The topological polar surface area (TPSA) is 33.1 Å². The highest BCUT2D eigenvalue weighted by Gasteiger charge is 2.20. The Bertz CT molecular complexity index is 1250. The molecule has 0 amide bonds. The van der Waals surface area contributed by atoms with E-state index >= 15 is 0 Å². The maximum atomic E-state index is 10.8. The second-order valence-corrected chi connectivity index (χ2v) is 7.39. The van der Waals surface area contributed by atoms with E-state index in [9.17, 15) is 5.11 Å². The fourth-order valence-electron chi connectivity index (χ4n) is 3.91. The van der Waals surface area contributed by atoms with Gasteiger partial charge in [-0.25, -0.2) is 4.98 Å². The van der Waals surface area contributed by atoms with Gasteiger partial charge in [-0.05, 0) is 23.3 Å². The van der Waals surface area contributed by atoms with Gasteiger partial charge in [0, 0.05) is 22.3 Å². The molecule has 0 aliphatic rings. The molecular formula is C29H21NO. The minimum atomic E-state index is 0.242. The average molecular weight is 399 g/mol. The van der Waals surface area contributed by atoms with Gasteiger partial charge in [0.15, 0.2) is 0 Å². The highest BCUT2D eigenvalue weighted by atomic mass is 16.3. The quantitative estimate of drug-likeness (QED) is 0.340. The van der Waals surface area contributed by atoms with E-state index in [4.69, 9.17) is 4.98 Å². The van der Waals surface area contributed by atoms with Crippen LogP contribution in [0.4, 0.5) is 0 Å². The van der Waals surface area contributed by atoms with Crippen LogP contribution in [0.2, 0.25) is 0 Å². The van der Waals surface area contributed by atoms with Gasteiger partial charge in [-0.2, -0.15) is 0 Å². The second-order valence-electron chi connectivity index (χ2n) is 7.39. The molecule has 1 N–H and O–H groups in total. The molecule has 0 bridgehead atoms. The zero-order valence-corrected chi connectivity index (χ0v) is 16.9. The Kier molecular flexibility index (Phi) is 5.04. The van der Waals surface area contributed by atoms with E-state index in [-0.39, 0.29) is 5.75 Å². The van der Waals surface area contributed by atoms with Crippen LogP contribution in [0.5, 0.6) is 5.75 Å². The first-order valence-corrected chi connectivity index (χ1v) is 10.3. The summed E-state index contributed by atoms with van der Waals surface area (Å²) in [5, 5.41) is 10.8. The van der Waals surface area contributed by atoms with Crippen molar-refractivity contribution in [1.82, 2.24) is 4.98 Å². The van der Waals surface area contributed by atoms with Gasteiger partial charge in [0.05, 0.1) is 11.4 Å². The smallest absolute Gasteiger partial charge is 0.123 e. The highest BCUT2D eigenvalue weighted by molar-refractivity contribution is 5.96. The number of hydrogen-bond donors (Lipinski definition) is 1. The molecular weight excluding hydrogens is 378 g/mol. The van der Waals surface area contributed by atoms with Crippen LogP contribution in [0.25, 0.3) is 44.8 Å². The number of nitrogens with zero attached hydrogens (tertiary/aromatic N) is 1. The number of phenolic OH excluding ortho intramolecular Hbond substituents is 1. The Balaban J connectivity index is 1.90. The Hall–Kier alpha value is -4.17. The predicted octanol–water partition coefficient (Wildman–Crippen LogP) is 7.46. The van der Waals surface area contributed by atoms with Crippen molar-refractivity contribution >= 4 is 0 Å². The van der Waals surface area contributed by atoms with E-state index in [1.54, 1.807) is 6.07 Å². The monoisotopic (exact) mass is 399 g/mol. The van der Waals surface area contributed by atoms with Crippen LogP contribution in [0.15, 0.2) is 121 Å². The maximum absolute atomic E-state index is 10.8. The molecule has 0 spiro atoms. The van der Waals surface area contributed by atoms with Crippen LogP contribution in [-0.2, 0) is 0 Å². The van der Waals surface area contributed by atoms with Crippen molar-refractivity contribution in [2.24, 2.45) is 0 Å². The molecule has 4 aromatic carbocycles. The van der Waals surface area contributed by atoms with Crippen molar-refractivity contribution in [2.75, 3.05) is 0 Å². The lowest BCUT2D eigenvalue weighted by Gasteiger charge is -2.18. The van der Waals surface area contributed by atoms with E-state index in [0.29, 0.717) is 0 Å². The van der Waals surface area contributed by atoms with Crippen molar-refractivity contribution in [3.63, 3.8) is 0 Å². The summed E-state index contributed by atoms with van der Waals surface area (Å²) in [6.07, 6.45) is 0. The lowest BCUT2D eigenvalue weighted by molar-refractivity contribution is 0.477. The van der Waals surface area contributed by atoms with E-state index in [2.05, 4.69) is 42.5 Å². The standard InChI is InChI=1S/C29H21NO/c31-27-19-11-10-18-24(27)28-25(21-12-4-1-5-13-21)20-26(22-14-6-2-7-15-22)30-29(28)23-16-8-3-9-17-23/h1-20,31H. The summed E-state index contributed by atoms with van der Waals surface area (Å²) in [7, 11) is 0. The molecule has 0 aliphatic heterocycles. The number of pyridine rings is 1. The first-order valence-electron chi connectivity index (χ1n) is 10.3. The van der Waals surface area contributed by atoms with E-state index in [1.807, 2.05) is 72.8 Å². The Morgan fingerprint density at radius 3 is 1.61 bits per heavy atom. The van der Waals surface area contributed by atoms with Gasteiger partial charge < -0.3 is 5.11 Å². The van der Waals surface area contributed by atoms with Crippen LogP contribution < -0.4 is 0 Å². The largest absolute Gasteiger partial charge is 0.507 e. The maximum Gasteiger partial charge on any atom is 0.123 e. The molecule has 2 heteroatoms. The molecule has 5 rings (SSSR count). The molecule has 1 heterocycles. The Morgan fingerprint density at radius 1 is 0.484 bits per heavy atom. The number of benzene rings is 4. The molecule has 1 aromatic heterocycles. The first-order chi connectivity index (χ1) is 15.3. The van der Waals surface area contributed by atoms with Gasteiger partial charge in [0.25, 0.3) is 0 Å². The molecule has 148 valence electrons. The molecule has 0 radical (unpaired) electrons. The van der Waals surface area contributed by atoms with Crippen LogP contribution in [0.3, 0.4) is 0 Å². The minimum Gasteiger partial charge on any atom is -0.507 e. The van der Waals surface area contributed by atoms with Crippen molar-refractivity contribution in [2.45, 2.75) is 0 Å². The molecule has 0 aliphatic carbocycles. The number of rotatable bonds is 4. The summed E-state index contributed by atoms with van der Waals surface area (Å²) >= 11 is 0. The molecule has 31 heavy (non-hydrogen) atoms. The lowest BCUT2D eigenvalue weighted by Crippen LogP contribution is -1.97. The molecule has 0 saturated heterocycles. The van der Waals surface area contributed by atoms with Crippen molar-refractivity contribution < 1.29 is 5.11 Å². The fraction of sp³-hybridized carbons (Fsp3) is 0. The molecule has 2 nitrogen and oxygen atoms in total. The average Bonchev–Trinajstić information content (AvgIpc) is 2.85. The summed E-state index contributed by atoms with van der Waals surface area (Å²) in [5.74, 6) is 0.242. The van der Waals surface area contributed by atoms with Crippen molar-refractivity contribution in [3.05, 3.63) is 121 Å². The third kappa shape index (κ3) is 3.72. The van der Waals surface area contributed by atoms with Crippen LogP contribution in [0, 0.1) is 0 Å². The van der Waals surface area contributed by atoms with Crippen LogP contribution >= 0.6 is 0 Å². The minimum absolute atomic E-state index is 0.242. The normalized spacial score (nSPS) is 10.7. The van der Waals surface area contributed by atoms with Gasteiger partial charge in [0.2, 0.25) is 0 Å². The van der Waals surface area contributed by atoms with Crippen LogP contribution in [0.1, 0.15) is 0 Å². The molecule has 0 unspecified atom stereocenters. The van der Waals surface area contributed by atoms with E-state index < -0.39 is 0 Å². The molecule has 0 saturated carbocycles. The van der Waals surface area contributed by atoms with Gasteiger partial charge in [-0.3, -0.25) is 0 Å². The summed E-state index contributed by atoms with van der Waals surface area (Å²) in [4.78, 5) is 5.11. The van der Waals surface area contributed by atoms with Gasteiger partial charge in [-0.1, -0.05) is 109 Å². The first kappa shape index (κ1) is 18.8. The van der Waals surface area contributed by atoms with Crippen molar-refractivity contribution in [1.29, 1.82) is 0 Å². The summed E-state index contributed by atoms with van der Waals surface area (Å²) < 4.78 is 0. The van der Waals surface area contributed by atoms with Crippen LogP contribution in [-0.4, -0.2) is 10.1 Å². The fourth-order valence-corrected chi connectivity index (χ4v) is 3.91. The molecule has 0 fully saturated rings. The third-order valence-electron chi connectivity index (χ3n) is 5.39. The van der Waals surface area contributed by atoms with Gasteiger partial charge >= 0.3 is 0 Å². The van der Waals surface area contributed by atoms with Crippen molar-refractivity contribution in [3.8, 4) is 50.5 Å².